The largest absolute Gasteiger partial charge is 0.598 e. The molecule has 3 rings (SSSR count). The maximum absolute atomic E-state index is 14.2. The molecule has 1 aromatic carbocycles. The number of Topliss-reactive ketones (excluding diaryl/α,β-unsaturated/α-hetero) is 1. The van der Waals surface area contributed by atoms with Gasteiger partial charge in [-0.1, -0.05) is 12.1 Å². The summed E-state index contributed by atoms with van der Waals surface area (Å²) in [5, 5.41) is 0. The lowest BCUT2D eigenvalue weighted by Gasteiger charge is -2.34. The van der Waals surface area contributed by atoms with Gasteiger partial charge in [0, 0.05) is 29.5 Å². The fraction of sp³-hybridized carbons (Fsp3) is 0.368. The van der Waals surface area contributed by atoms with Gasteiger partial charge in [0.2, 0.25) is 0 Å². The van der Waals surface area contributed by atoms with Gasteiger partial charge in [-0.25, -0.2) is 4.39 Å². The highest BCUT2D eigenvalue weighted by Crippen LogP contribution is 2.42. The molecule has 0 saturated heterocycles. The van der Waals surface area contributed by atoms with Gasteiger partial charge in [-0.2, -0.15) is 0 Å². The van der Waals surface area contributed by atoms with Crippen LogP contribution in [0.1, 0.15) is 54.4 Å². The number of nitrogens with zero attached hydrogens (tertiary/aromatic N) is 1. The Morgan fingerprint density at radius 3 is 2.68 bits per heavy atom. The van der Waals surface area contributed by atoms with Crippen LogP contribution < -0.4 is 4.72 Å². The summed E-state index contributed by atoms with van der Waals surface area (Å²) in [7, 11) is 0. The molecule has 2 aromatic rings. The number of carbonyl (C=O) groups is 1. The van der Waals surface area contributed by atoms with Crippen molar-refractivity contribution in [3.05, 3.63) is 64.7 Å². The van der Waals surface area contributed by atoms with Gasteiger partial charge in [0.1, 0.15) is 16.1 Å². The van der Waals surface area contributed by atoms with Crippen LogP contribution in [0.4, 0.5) is 4.39 Å². The highest BCUT2D eigenvalue weighted by molar-refractivity contribution is 7.90. The van der Waals surface area contributed by atoms with Crippen LogP contribution in [0.3, 0.4) is 0 Å². The minimum atomic E-state index is -1.47. The molecular formula is C19H21FN2O2S. The first-order valence-electron chi connectivity index (χ1n) is 8.10. The molecule has 1 N–H and O–H groups in total. The molecule has 132 valence electrons. The number of aromatic nitrogens is 1. The number of hydrogen-bond donors (Lipinski definition) is 1. The van der Waals surface area contributed by atoms with Crippen molar-refractivity contribution in [1.82, 2.24) is 9.71 Å². The molecule has 0 radical (unpaired) electrons. The summed E-state index contributed by atoms with van der Waals surface area (Å²) in [5.41, 5.74) is 0.962. The normalized spacial score (nSPS) is 21.3. The van der Waals surface area contributed by atoms with Crippen molar-refractivity contribution in [2.45, 2.75) is 44.4 Å². The Morgan fingerprint density at radius 2 is 2.04 bits per heavy atom. The van der Waals surface area contributed by atoms with Gasteiger partial charge in [0.25, 0.3) is 0 Å². The summed E-state index contributed by atoms with van der Waals surface area (Å²) in [6.07, 6.45) is 1.65. The number of rotatable bonds is 3. The van der Waals surface area contributed by atoms with Crippen LogP contribution in [0, 0.1) is 12.7 Å². The Labute approximate surface area is 150 Å². The zero-order valence-electron chi connectivity index (χ0n) is 14.7. The second-order valence-corrected chi connectivity index (χ2v) is 9.32. The Balaban J connectivity index is 2.20. The van der Waals surface area contributed by atoms with Crippen LogP contribution >= 0.6 is 0 Å². The lowest BCUT2D eigenvalue weighted by Crippen LogP contribution is -2.51. The lowest BCUT2D eigenvalue weighted by atomic mass is 9.87. The van der Waals surface area contributed by atoms with Gasteiger partial charge in [-0.05, 0) is 57.0 Å². The average molecular weight is 360 g/mol. The average Bonchev–Trinajstić information content (AvgIpc) is 2.83. The number of pyridine rings is 1. The molecule has 0 saturated carbocycles. The topological polar surface area (TPSA) is 65.0 Å². The molecule has 0 fully saturated rings. The molecule has 0 aliphatic heterocycles. The number of benzene rings is 1. The summed E-state index contributed by atoms with van der Waals surface area (Å²) in [5.74, 6) is -0.459. The van der Waals surface area contributed by atoms with E-state index in [4.69, 9.17) is 0 Å². The van der Waals surface area contributed by atoms with Crippen molar-refractivity contribution in [3.8, 4) is 0 Å². The Morgan fingerprint density at radius 1 is 1.32 bits per heavy atom. The molecule has 1 aromatic heterocycles. The molecular weight excluding hydrogens is 339 g/mol. The number of hydrogen-bond acceptors (Lipinski definition) is 4. The summed E-state index contributed by atoms with van der Waals surface area (Å²) < 4.78 is 29.6. The van der Waals surface area contributed by atoms with Gasteiger partial charge in [-0.15, -0.1) is 4.72 Å². The first kappa shape index (κ1) is 18.0. The molecule has 1 heterocycles. The minimum absolute atomic E-state index is 0.0592. The number of aryl methyl sites for hydroxylation is 1. The SMILES string of the molecule is Cc1ccc([C@@]2(N[S+]([O-])C(C)(C)C)CC(=O)c3cccnc32)cc1F. The lowest BCUT2D eigenvalue weighted by molar-refractivity contribution is 0.0977. The minimum Gasteiger partial charge on any atom is -0.598 e. The predicted molar refractivity (Wildman–Crippen MR) is 96.1 cm³/mol. The van der Waals surface area contributed by atoms with E-state index >= 15 is 0 Å². The van der Waals surface area contributed by atoms with Gasteiger partial charge < -0.3 is 4.55 Å². The van der Waals surface area contributed by atoms with Crippen molar-refractivity contribution in [1.29, 1.82) is 0 Å². The second kappa shape index (κ2) is 6.20. The molecule has 2 atom stereocenters. The van der Waals surface area contributed by atoms with Crippen LogP contribution in [-0.4, -0.2) is 20.1 Å². The maximum atomic E-state index is 14.2. The van der Waals surface area contributed by atoms with E-state index in [1.54, 1.807) is 37.4 Å². The number of fused-ring (bicyclic) bond motifs is 1. The number of halogens is 1. The van der Waals surface area contributed by atoms with E-state index in [1.807, 2.05) is 20.8 Å². The van der Waals surface area contributed by atoms with E-state index in [9.17, 15) is 13.7 Å². The summed E-state index contributed by atoms with van der Waals surface area (Å²) in [6.45, 7) is 7.21. The third-order valence-corrected chi connectivity index (χ3v) is 6.07. The van der Waals surface area contributed by atoms with E-state index in [0.717, 1.165) is 0 Å². The van der Waals surface area contributed by atoms with Crippen molar-refractivity contribution in [2.75, 3.05) is 0 Å². The van der Waals surface area contributed by atoms with Gasteiger partial charge in [0.15, 0.2) is 5.78 Å². The molecule has 6 heteroatoms. The van der Waals surface area contributed by atoms with E-state index in [2.05, 4.69) is 9.71 Å². The first-order valence-corrected chi connectivity index (χ1v) is 9.25. The highest BCUT2D eigenvalue weighted by Gasteiger charge is 2.51. The van der Waals surface area contributed by atoms with Crippen LogP contribution in [0.5, 0.6) is 0 Å². The molecule has 1 aliphatic carbocycles. The molecule has 0 bridgehead atoms. The van der Waals surface area contributed by atoms with Crippen molar-refractivity contribution >= 4 is 17.1 Å². The number of ketones is 1. The molecule has 25 heavy (non-hydrogen) atoms. The predicted octanol–water partition coefficient (Wildman–Crippen LogP) is 3.41. The first-order chi connectivity index (χ1) is 11.6. The summed E-state index contributed by atoms with van der Waals surface area (Å²) >= 11 is -1.47. The third kappa shape index (κ3) is 3.10. The smallest absolute Gasteiger partial charge is 0.167 e. The molecule has 0 spiro atoms. The molecule has 1 aliphatic rings. The van der Waals surface area contributed by atoms with Crippen LogP contribution in [0.15, 0.2) is 36.5 Å². The van der Waals surface area contributed by atoms with Crippen LogP contribution in [-0.2, 0) is 16.9 Å². The van der Waals surface area contributed by atoms with Crippen LogP contribution in [0.25, 0.3) is 0 Å². The van der Waals surface area contributed by atoms with E-state index in [-0.39, 0.29) is 18.0 Å². The molecule has 0 amide bonds. The van der Waals surface area contributed by atoms with Crippen molar-refractivity contribution < 1.29 is 13.7 Å². The zero-order chi connectivity index (χ0) is 18.4. The van der Waals surface area contributed by atoms with Crippen molar-refractivity contribution in [2.24, 2.45) is 0 Å². The van der Waals surface area contributed by atoms with E-state index < -0.39 is 21.6 Å². The second-order valence-electron chi connectivity index (χ2n) is 7.35. The van der Waals surface area contributed by atoms with E-state index in [0.29, 0.717) is 22.4 Å². The zero-order valence-corrected chi connectivity index (χ0v) is 15.5. The Bertz CT molecular complexity index is 834. The Kier molecular flexibility index (Phi) is 4.47. The highest BCUT2D eigenvalue weighted by atomic mass is 32.2. The summed E-state index contributed by atoms with van der Waals surface area (Å²) in [4.78, 5) is 17.0. The van der Waals surface area contributed by atoms with Crippen molar-refractivity contribution in [3.63, 3.8) is 0 Å². The quantitative estimate of drug-likeness (QED) is 0.852. The third-order valence-electron chi connectivity index (χ3n) is 4.43. The molecule has 1 unspecified atom stereocenters. The fourth-order valence-electron chi connectivity index (χ4n) is 2.94. The van der Waals surface area contributed by atoms with Gasteiger partial charge >= 0.3 is 0 Å². The van der Waals surface area contributed by atoms with Crippen LogP contribution in [0.2, 0.25) is 0 Å². The molecule has 4 nitrogen and oxygen atoms in total. The van der Waals surface area contributed by atoms with Gasteiger partial charge in [-0.3, -0.25) is 9.78 Å². The maximum Gasteiger partial charge on any atom is 0.167 e. The number of carbonyl (C=O) groups excluding carboxylic acids is 1. The van der Waals surface area contributed by atoms with E-state index in [1.165, 1.54) is 6.07 Å². The standard InChI is InChI=1S/C19H21FN2O2S/c1-12-7-8-13(10-15(12)20)19(22-25(24)18(2,3)4)11-16(23)14-6-5-9-21-17(14)19/h5-10,22H,11H2,1-4H3/t19-,25?/m0/s1. The monoisotopic (exact) mass is 360 g/mol. The number of nitrogens with one attached hydrogen (secondary N) is 1. The van der Waals surface area contributed by atoms with Gasteiger partial charge in [0.05, 0.1) is 5.69 Å². The Hall–Kier alpha value is -1.76. The summed E-state index contributed by atoms with van der Waals surface area (Å²) in [6, 6.07) is 8.24. The fourth-order valence-corrected chi connectivity index (χ4v) is 3.85.